The Kier molecular flexibility index (Phi) is 6.65. The second-order valence-electron chi connectivity index (χ2n) is 7.68. The van der Waals surface area contributed by atoms with E-state index in [1.807, 2.05) is 18.2 Å². The van der Waals surface area contributed by atoms with Crippen LogP contribution in [0.5, 0.6) is 5.75 Å². The molecule has 0 unspecified atom stereocenters. The van der Waals surface area contributed by atoms with Gasteiger partial charge in [0.25, 0.3) is 5.91 Å². The number of amides is 2. The first-order valence-electron chi connectivity index (χ1n) is 10.6. The predicted molar refractivity (Wildman–Crippen MR) is 125 cm³/mol. The van der Waals surface area contributed by atoms with Gasteiger partial charge in [0, 0.05) is 42.8 Å². The fourth-order valence-electron chi connectivity index (χ4n) is 3.85. The number of para-hydroxylation sites is 1. The van der Waals surface area contributed by atoms with Gasteiger partial charge in [0.15, 0.2) is 0 Å². The van der Waals surface area contributed by atoms with Crippen LogP contribution in [-0.4, -0.2) is 37.0 Å². The molecule has 7 nitrogen and oxygen atoms in total. The van der Waals surface area contributed by atoms with Gasteiger partial charge in [0.1, 0.15) is 5.75 Å². The number of aromatic nitrogens is 1. The van der Waals surface area contributed by atoms with Crippen molar-refractivity contribution in [3.05, 3.63) is 78.6 Å². The molecule has 2 amide bonds. The standard InChI is InChI=1S/C25H26N4O3/c1-32-21-8-6-19(7-9-21)27-25(31)22-4-2-3-5-23(22)28-24(30)18-12-16-29(17-13-18)20-10-14-26-15-11-20/h2-11,14-15,18H,12-13,16-17H2,1H3,(H,27,31)(H,28,30). The summed E-state index contributed by atoms with van der Waals surface area (Å²) in [6.07, 6.45) is 5.08. The molecule has 0 radical (unpaired) electrons. The van der Waals surface area contributed by atoms with Crippen LogP contribution in [-0.2, 0) is 4.79 Å². The van der Waals surface area contributed by atoms with E-state index in [0.29, 0.717) is 22.7 Å². The second-order valence-corrected chi connectivity index (χ2v) is 7.68. The summed E-state index contributed by atoms with van der Waals surface area (Å²) in [5.41, 5.74) is 2.71. The third-order valence-corrected chi connectivity index (χ3v) is 5.67. The van der Waals surface area contributed by atoms with Gasteiger partial charge in [0.2, 0.25) is 5.91 Å². The number of piperidine rings is 1. The second kappa shape index (κ2) is 9.96. The van der Waals surface area contributed by atoms with Gasteiger partial charge in [-0.2, -0.15) is 0 Å². The van der Waals surface area contributed by atoms with E-state index in [1.54, 1.807) is 62.0 Å². The average Bonchev–Trinajstić information content (AvgIpc) is 2.85. The molecule has 0 bridgehead atoms. The summed E-state index contributed by atoms with van der Waals surface area (Å²) < 4.78 is 5.15. The fraction of sp³-hybridized carbons (Fsp3) is 0.240. The lowest BCUT2D eigenvalue weighted by Crippen LogP contribution is -2.38. The number of carbonyl (C=O) groups is 2. The Morgan fingerprint density at radius 3 is 2.31 bits per heavy atom. The van der Waals surface area contributed by atoms with Crippen LogP contribution >= 0.6 is 0 Å². The molecule has 4 rings (SSSR count). The maximum absolute atomic E-state index is 12.9. The van der Waals surface area contributed by atoms with Crippen molar-refractivity contribution in [1.82, 2.24) is 4.98 Å². The van der Waals surface area contributed by atoms with E-state index in [1.165, 1.54) is 0 Å². The largest absolute Gasteiger partial charge is 0.497 e. The molecule has 1 aromatic heterocycles. The topological polar surface area (TPSA) is 83.6 Å². The monoisotopic (exact) mass is 430 g/mol. The van der Waals surface area contributed by atoms with Gasteiger partial charge < -0.3 is 20.3 Å². The molecule has 1 aliphatic rings. The number of hydrogen-bond donors (Lipinski definition) is 2. The van der Waals surface area contributed by atoms with Crippen LogP contribution in [0.15, 0.2) is 73.1 Å². The number of nitrogens with zero attached hydrogens (tertiary/aromatic N) is 2. The molecule has 164 valence electrons. The lowest BCUT2D eigenvalue weighted by molar-refractivity contribution is -0.120. The molecule has 1 fully saturated rings. The summed E-state index contributed by atoms with van der Waals surface area (Å²) in [5.74, 6) is 0.291. The summed E-state index contributed by atoms with van der Waals surface area (Å²) in [6, 6.07) is 18.1. The Hall–Kier alpha value is -3.87. The van der Waals surface area contributed by atoms with Crippen LogP contribution in [0.2, 0.25) is 0 Å². The normalized spacial score (nSPS) is 14.0. The number of rotatable bonds is 6. The van der Waals surface area contributed by atoms with Crippen LogP contribution in [0.3, 0.4) is 0 Å². The Labute approximate surface area is 187 Å². The highest BCUT2D eigenvalue weighted by Gasteiger charge is 2.26. The number of pyridine rings is 1. The van der Waals surface area contributed by atoms with E-state index >= 15 is 0 Å². The van der Waals surface area contributed by atoms with Gasteiger partial charge in [-0.05, 0) is 61.4 Å². The van der Waals surface area contributed by atoms with Crippen molar-refractivity contribution in [3.63, 3.8) is 0 Å². The zero-order valence-electron chi connectivity index (χ0n) is 18.0. The molecule has 7 heteroatoms. The lowest BCUT2D eigenvalue weighted by Gasteiger charge is -2.33. The zero-order chi connectivity index (χ0) is 22.3. The molecule has 32 heavy (non-hydrogen) atoms. The first-order valence-corrected chi connectivity index (χ1v) is 10.6. The van der Waals surface area contributed by atoms with Gasteiger partial charge in [0.05, 0.1) is 18.4 Å². The smallest absolute Gasteiger partial charge is 0.257 e. The van der Waals surface area contributed by atoms with Crippen molar-refractivity contribution in [2.75, 3.05) is 35.7 Å². The van der Waals surface area contributed by atoms with E-state index in [2.05, 4.69) is 20.5 Å². The van der Waals surface area contributed by atoms with E-state index < -0.39 is 0 Å². The van der Waals surface area contributed by atoms with Crippen molar-refractivity contribution < 1.29 is 14.3 Å². The molecule has 0 atom stereocenters. The molecule has 2 heterocycles. The molecule has 0 spiro atoms. The maximum Gasteiger partial charge on any atom is 0.257 e. The molecule has 1 aliphatic heterocycles. The van der Waals surface area contributed by atoms with Crippen LogP contribution in [0, 0.1) is 5.92 Å². The highest BCUT2D eigenvalue weighted by atomic mass is 16.5. The van der Waals surface area contributed by atoms with Crippen LogP contribution < -0.4 is 20.3 Å². The van der Waals surface area contributed by atoms with E-state index in [0.717, 1.165) is 31.6 Å². The molecule has 0 saturated carbocycles. The van der Waals surface area contributed by atoms with Gasteiger partial charge in [-0.25, -0.2) is 0 Å². The van der Waals surface area contributed by atoms with Crippen molar-refractivity contribution in [2.24, 2.45) is 5.92 Å². The van der Waals surface area contributed by atoms with Gasteiger partial charge in [-0.15, -0.1) is 0 Å². The summed E-state index contributed by atoms with van der Waals surface area (Å²) in [7, 11) is 1.59. The summed E-state index contributed by atoms with van der Waals surface area (Å²) in [5, 5.41) is 5.84. The SMILES string of the molecule is COc1ccc(NC(=O)c2ccccc2NC(=O)C2CCN(c3ccncc3)CC2)cc1. The van der Waals surface area contributed by atoms with Crippen molar-refractivity contribution in [2.45, 2.75) is 12.8 Å². The minimum atomic E-state index is -0.279. The quantitative estimate of drug-likeness (QED) is 0.612. The number of ether oxygens (including phenoxy) is 1. The number of anilines is 3. The number of hydrogen-bond acceptors (Lipinski definition) is 5. The highest BCUT2D eigenvalue weighted by Crippen LogP contribution is 2.25. The highest BCUT2D eigenvalue weighted by molar-refractivity contribution is 6.10. The van der Waals surface area contributed by atoms with E-state index in [-0.39, 0.29) is 17.7 Å². The van der Waals surface area contributed by atoms with E-state index in [9.17, 15) is 9.59 Å². The van der Waals surface area contributed by atoms with Crippen LogP contribution in [0.1, 0.15) is 23.2 Å². The Morgan fingerprint density at radius 1 is 0.938 bits per heavy atom. The predicted octanol–water partition coefficient (Wildman–Crippen LogP) is 4.20. The molecule has 1 saturated heterocycles. The lowest BCUT2D eigenvalue weighted by atomic mass is 9.95. The third kappa shape index (κ3) is 5.06. The van der Waals surface area contributed by atoms with Gasteiger partial charge in [-0.3, -0.25) is 14.6 Å². The molecular weight excluding hydrogens is 404 g/mol. The minimum absolute atomic E-state index is 0.0518. The summed E-state index contributed by atoms with van der Waals surface area (Å²) in [4.78, 5) is 32.1. The maximum atomic E-state index is 12.9. The van der Waals surface area contributed by atoms with Crippen molar-refractivity contribution >= 4 is 28.9 Å². The number of methoxy groups -OCH3 is 1. The average molecular weight is 431 g/mol. The minimum Gasteiger partial charge on any atom is -0.497 e. The molecule has 0 aliphatic carbocycles. The van der Waals surface area contributed by atoms with Gasteiger partial charge >= 0.3 is 0 Å². The fourth-order valence-corrected chi connectivity index (χ4v) is 3.85. The Morgan fingerprint density at radius 2 is 1.62 bits per heavy atom. The molecule has 2 N–H and O–H groups in total. The first-order chi connectivity index (χ1) is 15.6. The molecular formula is C25H26N4O3. The summed E-state index contributed by atoms with van der Waals surface area (Å²) in [6.45, 7) is 1.61. The Bertz CT molecular complexity index is 1060. The van der Waals surface area contributed by atoms with Crippen molar-refractivity contribution in [1.29, 1.82) is 0 Å². The first kappa shape index (κ1) is 21.4. The summed E-state index contributed by atoms with van der Waals surface area (Å²) >= 11 is 0. The number of carbonyl (C=O) groups excluding carboxylic acids is 2. The van der Waals surface area contributed by atoms with Crippen LogP contribution in [0.25, 0.3) is 0 Å². The van der Waals surface area contributed by atoms with Crippen LogP contribution in [0.4, 0.5) is 17.1 Å². The number of benzene rings is 2. The zero-order valence-corrected chi connectivity index (χ0v) is 18.0. The van der Waals surface area contributed by atoms with E-state index in [4.69, 9.17) is 4.74 Å². The third-order valence-electron chi connectivity index (χ3n) is 5.67. The molecule has 2 aromatic carbocycles. The Balaban J connectivity index is 1.38. The number of nitrogens with one attached hydrogen (secondary N) is 2. The van der Waals surface area contributed by atoms with Gasteiger partial charge in [-0.1, -0.05) is 12.1 Å². The molecule has 3 aromatic rings. The van der Waals surface area contributed by atoms with Crippen molar-refractivity contribution in [3.8, 4) is 5.75 Å².